The minimum absolute atomic E-state index is 0.0940. The van der Waals surface area contributed by atoms with Gasteiger partial charge in [0.15, 0.2) is 0 Å². The number of benzene rings is 2. The molecule has 1 saturated heterocycles. The average Bonchev–Trinajstić information content (AvgIpc) is 2.83. The van der Waals surface area contributed by atoms with Crippen molar-refractivity contribution in [3.05, 3.63) is 65.2 Å². The number of nitrogens with one attached hydrogen (secondary N) is 1. The van der Waals surface area contributed by atoms with Gasteiger partial charge >= 0.3 is 0 Å². The summed E-state index contributed by atoms with van der Waals surface area (Å²) in [6.45, 7) is 2.64. The smallest absolute Gasteiger partial charge is 0.243 e. The van der Waals surface area contributed by atoms with Crippen LogP contribution in [0.5, 0.6) is 0 Å². The number of aryl methyl sites for hydroxylation is 2. The van der Waals surface area contributed by atoms with E-state index in [0.29, 0.717) is 18.0 Å². The lowest BCUT2D eigenvalue weighted by Crippen LogP contribution is -2.51. The van der Waals surface area contributed by atoms with Crippen LogP contribution in [0, 0.1) is 0 Å². The van der Waals surface area contributed by atoms with E-state index >= 15 is 0 Å². The molecule has 0 radical (unpaired) electrons. The van der Waals surface area contributed by atoms with Crippen LogP contribution in [-0.4, -0.2) is 55.6 Å². The molecule has 1 atom stereocenters. The van der Waals surface area contributed by atoms with Crippen molar-refractivity contribution in [2.24, 2.45) is 0 Å². The Morgan fingerprint density at radius 3 is 2.27 bits per heavy atom. The summed E-state index contributed by atoms with van der Waals surface area (Å²) in [5, 5.41) is 2.85. The van der Waals surface area contributed by atoms with Gasteiger partial charge in [0, 0.05) is 33.1 Å². The highest BCUT2D eigenvalue weighted by Crippen LogP contribution is 2.26. The van der Waals surface area contributed by atoms with Crippen LogP contribution in [0.4, 0.5) is 0 Å². The Balaban J connectivity index is 1.39. The maximum absolute atomic E-state index is 13.2. The number of fused-ring (bicyclic) bond motifs is 1. The summed E-state index contributed by atoms with van der Waals surface area (Å²) >= 11 is 0. The van der Waals surface area contributed by atoms with E-state index < -0.39 is 16.1 Å². The number of hydrogen-bond donors (Lipinski definition) is 1. The molecular weight excluding hydrogens is 438 g/mol. The molecule has 33 heavy (non-hydrogen) atoms. The van der Waals surface area contributed by atoms with Crippen LogP contribution < -0.4 is 5.32 Å². The van der Waals surface area contributed by atoms with Crippen molar-refractivity contribution >= 4 is 21.8 Å². The molecule has 1 N–H and O–H groups in total. The third-order valence-corrected chi connectivity index (χ3v) is 8.40. The molecule has 0 spiro atoms. The summed E-state index contributed by atoms with van der Waals surface area (Å²) < 4.78 is 27.9. The second-order valence-corrected chi connectivity index (χ2v) is 10.7. The molecule has 2 aliphatic rings. The molecule has 0 aromatic heterocycles. The van der Waals surface area contributed by atoms with Crippen molar-refractivity contribution in [3.8, 4) is 0 Å². The second kappa shape index (κ2) is 10.1. The molecule has 8 heteroatoms. The quantitative estimate of drug-likeness (QED) is 0.705. The van der Waals surface area contributed by atoms with Crippen LogP contribution in [0.3, 0.4) is 0 Å². The van der Waals surface area contributed by atoms with Crippen LogP contribution in [-0.2, 0) is 32.5 Å². The first-order valence-electron chi connectivity index (χ1n) is 11.6. The molecule has 1 heterocycles. The number of carbonyl (C=O) groups is 2. The second-order valence-electron chi connectivity index (χ2n) is 8.79. The highest BCUT2D eigenvalue weighted by atomic mass is 32.2. The minimum atomic E-state index is -3.59. The molecule has 2 aromatic carbocycles. The molecule has 0 unspecified atom stereocenters. The van der Waals surface area contributed by atoms with E-state index in [-0.39, 0.29) is 31.3 Å². The first kappa shape index (κ1) is 23.4. The molecule has 7 nitrogen and oxygen atoms in total. The van der Waals surface area contributed by atoms with Crippen LogP contribution in [0.15, 0.2) is 53.4 Å². The number of amides is 2. The molecule has 4 rings (SSSR count). The van der Waals surface area contributed by atoms with Gasteiger partial charge in [-0.1, -0.05) is 36.4 Å². The van der Waals surface area contributed by atoms with Gasteiger partial charge in [0.05, 0.1) is 17.4 Å². The lowest BCUT2D eigenvalue weighted by molar-refractivity contribution is -0.133. The topological polar surface area (TPSA) is 86.8 Å². The zero-order chi connectivity index (χ0) is 23.4. The predicted molar refractivity (Wildman–Crippen MR) is 126 cm³/mol. The Bertz CT molecular complexity index is 1110. The van der Waals surface area contributed by atoms with Crippen LogP contribution in [0.25, 0.3) is 0 Å². The van der Waals surface area contributed by atoms with Crippen molar-refractivity contribution in [1.82, 2.24) is 14.5 Å². The van der Waals surface area contributed by atoms with Crippen molar-refractivity contribution in [3.63, 3.8) is 0 Å². The minimum Gasteiger partial charge on any atom is -0.349 e. The van der Waals surface area contributed by atoms with Crippen LogP contribution >= 0.6 is 0 Å². The third kappa shape index (κ3) is 5.45. The van der Waals surface area contributed by atoms with Gasteiger partial charge in [-0.25, -0.2) is 8.42 Å². The van der Waals surface area contributed by atoms with E-state index in [0.717, 1.165) is 36.8 Å². The lowest BCUT2D eigenvalue weighted by Gasteiger charge is -2.35. The summed E-state index contributed by atoms with van der Waals surface area (Å²) in [4.78, 5) is 26.6. The number of carbonyl (C=O) groups excluding carboxylic acids is 2. The summed E-state index contributed by atoms with van der Waals surface area (Å²) in [6, 6.07) is 14.5. The molecule has 0 bridgehead atoms. The molecular formula is C25H31N3O4S. The maximum atomic E-state index is 13.2. The van der Waals surface area contributed by atoms with Gasteiger partial charge in [-0.05, 0) is 54.5 Å². The van der Waals surface area contributed by atoms with Gasteiger partial charge in [-0.3, -0.25) is 9.59 Å². The Kier molecular flexibility index (Phi) is 7.14. The maximum Gasteiger partial charge on any atom is 0.243 e. The molecule has 0 saturated carbocycles. The lowest BCUT2D eigenvalue weighted by atomic mass is 9.92. The Morgan fingerprint density at radius 2 is 1.61 bits per heavy atom. The average molecular weight is 470 g/mol. The Hall–Kier alpha value is -2.71. The van der Waals surface area contributed by atoms with E-state index in [1.165, 1.54) is 16.8 Å². The molecule has 1 aliphatic carbocycles. The van der Waals surface area contributed by atoms with Gasteiger partial charge in [-0.2, -0.15) is 4.31 Å². The standard InChI is InChI=1S/C25H31N3O4S/c1-19(29)26-24(21-8-3-2-4-9-21)18-25(30)27-13-15-28(16-14-27)33(31,32)23-12-11-20-7-5-6-10-22(20)17-23/h2-4,8-9,11-12,17,24H,5-7,10,13-16,18H2,1H3,(H,26,29)/t24-/m0/s1. The number of piperazine rings is 1. The van der Waals surface area contributed by atoms with E-state index in [1.54, 1.807) is 11.0 Å². The van der Waals surface area contributed by atoms with Gasteiger partial charge in [0.2, 0.25) is 21.8 Å². The summed E-state index contributed by atoms with van der Waals surface area (Å²) in [5.74, 6) is -0.291. The van der Waals surface area contributed by atoms with Gasteiger partial charge in [-0.15, -0.1) is 0 Å². The first-order valence-corrected chi connectivity index (χ1v) is 13.0. The largest absolute Gasteiger partial charge is 0.349 e. The number of rotatable bonds is 6. The van der Waals surface area contributed by atoms with Crippen LogP contribution in [0.2, 0.25) is 0 Å². The molecule has 1 aliphatic heterocycles. The van der Waals surface area contributed by atoms with E-state index in [4.69, 9.17) is 0 Å². The zero-order valence-electron chi connectivity index (χ0n) is 19.0. The zero-order valence-corrected chi connectivity index (χ0v) is 19.8. The monoisotopic (exact) mass is 469 g/mol. The molecule has 2 aromatic rings. The fourth-order valence-corrected chi connectivity index (χ4v) is 6.16. The van der Waals surface area contributed by atoms with E-state index in [2.05, 4.69) is 5.32 Å². The van der Waals surface area contributed by atoms with Crippen LogP contribution in [0.1, 0.15) is 48.9 Å². The van der Waals surface area contributed by atoms with Gasteiger partial charge in [0.25, 0.3) is 0 Å². The number of hydrogen-bond acceptors (Lipinski definition) is 4. The summed E-state index contributed by atoms with van der Waals surface area (Å²) in [7, 11) is -3.59. The normalized spacial score (nSPS) is 17.8. The molecule has 176 valence electrons. The first-order chi connectivity index (χ1) is 15.8. The summed E-state index contributed by atoms with van der Waals surface area (Å²) in [5.41, 5.74) is 3.26. The number of sulfonamides is 1. The number of nitrogens with zero attached hydrogens (tertiary/aromatic N) is 2. The molecule has 1 fully saturated rings. The van der Waals surface area contributed by atoms with Crippen molar-refractivity contribution in [1.29, 1.82) is 0 Å². The SMILES string of the molecule is CC(=O)N[C@@H](CC(=O)N1CCN(S(=O)(=O)c2ccc3c(c2)CCCC3)CC1)c1ccccc1. The van der Waals surface area contributed by atoms with E-state index in [1.807, 2.05) is 42.5 Å². The van der Waals surface area contributed by atoms with Gasteiger partial charge < -0.3 is 10.2 Å². The highest BCUT2D eigenvalue weighted by Gasteiger charge is 2.31. The van der Waals surface area contributed by atoms with Crippen molar-refractivity contribution in [2.75, 3.05) is 26.2 Å². The van der Waals surface area contributed by atoms with E-state index in [9.17, 15) is 18.0 Å². The third-order valence-electron chi connectivity index (χ3n) is 6.51. The van der Waals surface area contributed by atoms with Gasteiger partial charge in [0.1, 0.15) is 0 Å². The van der Waals surface area contributed by atoms with Crippen molar-refractivity contribution in [2.45, 2.75) is 50.0 Å². The Morgan fingerprint density at radius 1 is 0.939 bits per heavy atom. The van der Waals surface area contributed by atoms with Crippen molar-refractivity contribution < 1.29 is 18.0 Å². The summed E-state index contributed by atoms with van der Waals surface area (Å²) in [6.07, 6.45) is 4.33. The fraction of sp³-hybridized carbons (Fsp3) is 0.440. The fourth-order valence-electron chi connectivity index (χ4n) is 4.68. The molecule has 2 amide bonds. The Labute approximate surface area is 195 Å². The highest BCUT2D eigenvalue weighted by molar-refractivity contribution is 7.89. The predicted octanol–water partition coefficient (Wildman–Crippen LogP) is 2.67.